The number of hydrogen-bond acceptors (Lipinski definition) is 3. The summed E-state index contributed by atoms with van der Waals surface area (Å²) in [5.74, 6) is 0. The second kappa shape index (κ2) is 6.51. The highest BCUT2D eigenvalue weighted by molar-refractivity contribution is 5.68. The second-order valence-corrected chi connectivity index (χ2v) is 4.04. The molecular weight excluding hydrogens is 294 g/mol. The van der Waals surface area contributed by atoms with Crippen molar-refractivity contribution in [3.8, 4) is 0 Å². The smallest absolute Gasteiger partial charge is 0.434 e. The van der Waals surface area contributed by atoms with Crippen LogP contribution in [0.25, 0.3) is 0 Å². The summed E-state index contributed by atoms with van der Waals surface area (Å²) in [6, 6.07) is -1.14. The van der Waals surface area contributed by atoms with Gasteiger partial charge in [-0.1, -0.05) is 6.92 Å². The number of alkyl halides is 6. The van der Waals surface area contributed by atoms with E-state index in [0.717, 1.165) is 12.2 Å². The SMILES string of the molecule is CCOC(=O)NC(N[C@@H](C)CC)(C(F)(F)F)C(F)(F)F. The molecule has 2 N–H and O–H groups in total. The monoisotopic (exact) mass is 310 g/mol. The quantitative estimate of drug-likeness (QED) is 0.606. The van der Waals surface area contributed by atoms with Crippen LogP contribution in [0.4, 0.5) is 31.1 Å². The Bertz CT molecular complexity index is 315. The van der Waals surface area contributed by atoms with E-state index >= 15 is 0 Å². The number of halogens is 6. The standard InChI is InChI=1S/C10H16F6N2O2/c1-4-6(3)17-8(9(11,12)13,10(14,15)16)18-7(19)20-5-2/h6,17H,4-5H2,1-3H3,(H,18,19)/t6-/m0/s1. The normalized spacial score (nSPS) is 14.8. The predicted octanol–water partition coefficient (Wildman–Crippen LogP) is 2.94. The fourth-order valence-corrected chi connectivity index (χ4v) is 1.29. The number of ether oxygens (including phenoxy) is 1. The number of rotatable bonds is 5. The molecule has 0 aliphatic heterocycles. The molecule has 120 valence electrons. The average molecular weight is 310 g/mol. The molecule has 10 heteroatoms. The van der Waals surface area contributed by atoms with Gasteiger partial charge in [-0.15, -0.1) is 0 Å². The third-order valence-corrected chi connectivity index (χ3v) is 2.49. The maximum atomic E-state index is 12.9. The van der Waals surface area contributed by atoms with Crippen molar-refractivity contribution in [3.63, 3.8) is 0 Å². The van der Waals surface area contributed by atoms with Crippen molar-refractivity contribution in [3.05, 3.63) is 0 Å². The number of hydrogen-bond donors (Lipinski definition) is 2. The zero-order valence-corrected chi connectivity index (χ0v) is 11.1. The summed E-state index contributed by atoms with van der Waals surface area (Å²) in [4.78, 5) is 11.0. The topological polar surface area (TPSA) is 50.4 Å². The van der Waals surface area contributed by atoms with Gasteiger partial charge >= 0.3 is 18.4 Å². The average Bonchev–Trinajstić information content (AvgIpc) is 2.25. The second-order valence-electron chi connectivity index (χ2n) is 4.04. The van der Waals surface area contributed by atoms with Gasteiger partial charge in [0.2, 0.25) is 0 Å². The Morgan fingerprint density at radius 2 is 1.55 bits per heavy atom. The van der Waals surface area contributed by atoms with Crippen molar-refractivity contribution >= 4 is 6.09 Å². The van der Waals surface area contributed by atoms with Gasteiger partial charge in [0, 0.05) is 6.04 Å². The van der Waals surface area contributed by atoms with Crippen molar-refractivity contribution in [2.24, 2.45) is 0 Å². The van der Waals surface area contributed by atoms with E-state index < -0.39 is 30.2 Å². The highest BCUT2D eigenvalue weighted by atomic mass is 19.4. The minimum absolute atomic E-state index is 0.00157. The molecule has 0 unspecified atom stereocenters. The van der Waals surface area contributed by atoms with Crippen LogP contribution in [0.3, 0.4) is 0 Å². The number of carbonyl (C=O) groups is 1. The largest absolute Gasteiger partial charge is 0.450 e. The van der Waals surface area contributed by atoms with E-state index in [1.54, 1.807) is 0 Å². The third kappa shape index (κ3) is 4.15. The maximum Gasteiger partial charge on any atom is 0.434 e. The maximum absolute atomic E-state index is 12.9. The number of carbonyl (C=O) groups excluding carboxylic acids is 1. The van der Waals surface area contributed by atoms with E-state index in [0.29, 0.717) is 0 Å². The molecule has 0 aromatic heterocycles. The van der Waals surface area contributed by atoms with E-state index in [4.69, 9.17) is 0 Å². The summed E-state index contributed by atoms with van der Waals surface area (Å²) in [5, 5.41) is 2.24. The molecule has 0 spiro atoms. The van der Waals surface area contributed by atoms with Gasteiger partial charge in [0.25, 0.3) is 5.66 Å². The molecule has 1 amide bonds. The summed E-state index contributed by atoms with van der Waals surface area (Å²) in [7, 11) is 0. The summed E-state index contributed by atoms with van der Waals surface area (Å²) < 4.78 is 81.6. The summed E-state index contributed by atoms with van der Waals surface area (Å²) in [5.41, 5.74) is -4.55. The minimum Gasteiger partial charge on any atom is -0.450 e. The van der Waals surface area contributed by atoms with Gasteiger partial charge in [0.1, 0.15) is 0 Å². The van der Waals surface area contributed by atoms with Crippen LogP contribution in [-0.4, -0.2) is 36.8 Å². The van der Waals surface area contributed by atoms with Gasteiger partial charge < -0.3 is 4.74 Å². The predicted molar refractivity (Wildman–Crippen MR) is 57.9 cm³/mol. The Kier molecular flexibility index (Phi) is 6.12. The van der Waals surface area contributed by atoms with Gasteiger partial charge in [0.05, 0.1) is 6.61 Å². The first-order valence-electron chi connectivity index (χ1n) is 5.77. The molecule has 0 heterocycles. The number of alkyl carbamates (subject to hydrolysis) is 1. The molecule has 1 atom stereocenters. The summed E-state index contributed by atoms with van der Waals surface area (Å²) in [6.45, 7) is 3.43. The van der Waals surface area contributed by atoms with Crippen LogP contribution in [0.1, 0.15) is 27.2 Å². The molecule has 0 fully saturated rings. The fraction of sp³-hybridized carbons (Fsp3) is 0.900. The molecule has 20 heavy (non-hydrogen) atoms. The lowest BCUT2D eigenvalue weighted by atomic mass is 10.1. The van der Waals surface area contributed by atoms with Crippen molar-refractivity contribution in [2.75, 3.05) is 6.61 Å². The van der Waals surface area contributed by atoms with Gasteiger partial charge in [0.15, 0.2) is 0 Å². The first kappa shape index (κ1) is 18.8. The van der Waals surface area contributed by atoms with Crippen LogP contribution in [0, 0.1) is 0 Å². The van der Waals surface area contributed by atoms with Crippen LogP contribution < -0.4 is 10.6 Å². The van der Waals surface area contributed by atoms with Crippen LogP contribution in [0.2, 0.25) is 0 Å². The highest BCUT2D eigenvalue weighted by Gasteiger charge is 2.72. The molecule has 0 saturated heterocycles. The molecule has 0 aliphatic rings. The molecule has 0 radical (unpaired) electrons. The molecule has 0 aromatic carbocycles. The van der Waals surface area contributed by atoms with Crippen LogP contribution in [-0.2, 0) is 4.74 Å². The first-order chi connectivity index (χ1) is 8.91. The molecule has 0 aromatic rings. The lowest BCUT2D eigenvalue weighted by Gasteiger charge is -2.39. The Morgan fingerprint density at radius 1 is 1.10 bits per heavy atom. The van der Waals surface area contributed by atoms with E-state index in [9.17, 15) is 31.1 Å². The highest BCUT2D eigenvalue weighted by Crippen LogP contribution is 2.41. The van der Waals surface area contributed by atoms with Gasteiger partial charge in [-0.05, 0) is 20.3 Å². The minimum atomic E-state index is -5.79. The molecule has 0 bridgehead atoms. The Balaban J connectivity index is 5.63. The van der Waals surface area contributed by atoms with Crippen molar-refractivity contribution in [1.29, 1.82) is 0 Å². The molecule has 4 nitrogen and oxygen atoms in total. The Labute approximate surface area is 111 Å². The van der Waals surface area contributed by atoms with Crippen LogP contribution >= 0.6 is 0 Å². The first-order valence-corrected chi connectivity index (χ1v) is 5.77. The number of nitrogens with one attached hydrogen (secondary N) is 2. The van der Waals surface area contributed by atoms with Crippen LogP contribution in [0.15, 0.2) is 0 Å². The zero-order chi connectivity index (χ0) is 16.2. The van der Waals surface area contributed by atoms with Gasteiger partial charge in [-0.3, -0.25) is 10.6 Å². The summed E-state index contributed by atoms with van der Waals surface area (Å²) >= 11 is 0. The van der Waals surface area contributed by atoms with Gasteiger partial charge in [-0.2, -0.15) is 26.3 Å². The van der Waals surface area contributed by atoms with Crippen LogP contribution in [0.5, 0.6) is 0 Å². The van der Waals surface area contributed by atoms with Crippen molar-refractivity contribution in [1.82, 2.24) is 10.6 Å². The van der Waals surface area contributed by atoms with Crippen molar-refractivity contribution in [2.45, 2.75) is 51.2 Å². The fourth-order valence-electron chi connectivity index (χ4n) is 1.29. The van der Waals surface area contributed by atoms with Crippen molar-refractivity contribution < 1.29 is 35.9 Å². The number of amides is 1. The third-order valence-electron chi connectivity index (χ3n) is 2.49. The molecular formula is C10H16F6N2O2. The van der Waals surface area contributed by atoms with E-state index in [-0.39, 0.29) is 13.0 Å². The van der Waals surface area contributed by atoms with Gasteiger partial charge in [-0.25, -0.2) is 4.79 Å². The molecule has 0 rings (SSSR count). The molecule has 0 aliphatic carbocycles. The lowest BCUT2D eigenvalue weighted by Crippen LogP contribution is -2.76. The summed E-state index contributed by atoms with van der Waals surface area (Å²) in [6.07, 6.45) is -13.4. The Morgan fingerprint density at radius 3 is 1.85 bits per heavy atom. The molecule has 0 saturated carbocycles. The lowest BCUT2D eigenvalue weighted by molar-refractivity contribution is -0.317. The zero-order valence-electron chi connectivity index (χ0n) is 11.1. The van der Waals surface area contributed by atoms with E-state index in [1.807, 2.05) is 0 Å². The van der Waals surface area contributed by atoms with E-state index in [2.05, 4.69) is 4.74 Å². The Hall–Kier alpha value is -1.19. The van der Waals surface area contributed by atoms with E-state index in [1.165, 1.54) is 19.2 Å².